The van der Waals surface area contributed by atoms with Crippen LogP contribution < -0.4 is 15.4 Å². The summed E-state index contributed by atoms with van der Waals surface area (Å²) in [6.45, 7) is 3.41. The summed E-state index contributed by atoms with van der Waals surface area (Å²) in [6, 6.07) is 11.0. The summed E-state index contributed by atoms with van der Waals surface area (Å²) in [4.78, 5) is 59.5. The van der Waals surface area contributed by atoms with Gasteiger partial charge in [0, 0.05) is 45.5 Å². The number of carbonyl (C=O) groups is 4. The van der Waals surface area contributed by atoms with Gasteiger partial charge in [0.2, 0.25) is 12.2 Å². The summed E-state index contributed by atoms with van der Waals surface area (Å²) >= 11 is 0. The number of carbonyl (C=O) groups excluding carboxylic acids is 4. The number of nitrogens with zero attached hydrogens (tertiary/aromatic N) is 1. The Labute approximate surface area is 286 Å². The molecule has 0 radical (unpaired) electrons. The molecule has 50 heavy (non-hydrogen) atoms. The molecule has 4 rings (SSSR count). The maximum absolute atomic E-state index is 12.5. The Bertz CT molecular complexity index is 1490. The first kappa shape index (κ1) is 37.9. The molecule has 2 aromatic carbocycles. The molecule has 18 heteroatoms. The van der Waals surface area contributed by atoms with Crippen LogP contribution in [0.15, 0.2) is 54.6 Å². The number of para-hydroxylation sites is 1. The molecule has 18 nitrogen and oxygen atoms in total. The van der Waals surface area contributed by atoms with E-state index in [1.807, 2.05) is 0 Å². The van der Waals surface area contributed by atoms with Gasteiger partial charge >= 0.3 is 17.9 Å². The molecule has 0 aromatic heterocycles. The number of nitro benzene ring substituents is 1. The van der Waals surface area contributed by atoms with E-state index in [9.17, 15) is 39.5 Å². The predicted molar refractivity (Wildman–Crippen MR) is 168 cm³/mol. The van der Waals surface area contributed by atoms with Crippen molar-refractivity contribution in [2.75, 3.05) is 18.5 Å². The minimum absolute atomic E-state index is 0.0842. The molecule has 4 N–H and O–H groups in total. The van der Waals surface area contributed by atoms with Gasteiger partial charge in [0.15, 0.2) is 18.5 Å². The molecule has 2 aromatic rings. The fraction of sp³-hybridized carbons (Fsp3) is 0.500. The third kappa shape index (κ3) is 9.85. The second-order valence-corrected chi connectivity index (χ2v) is 11.4. The largest absolute Gasteiger partial charge is 0.463 e. The van der Waals surface area contributed by atoms with E-state index in [-0.39, 0.29) is 11.4 Å². The van der Waals surface area contributed by atoms with Crippen LogP contribution in [-0.4, -0.2) is 113 Å². The zero-order valence-corrected chi connectivity index (χ0v) is 27.5. The van der Waals surface area contributed by atoms with Gasteiger partial charge in [-0.05, 0) is 24.3 Å². The monoisotopic (exact) mass is 705 g/mol. The molecule has 0 aliphatic carbocycles. The first-order valence-corrected chi connectivity index (χ1v) is 15.5. The second kappa shape index (κ2) is 17.2. The van der Waals surface area contributed by atoms with Crippen LogP contribution in [0, 0.1) is 10.1 Å². The van der Waals surface area contributed by atoms with Gasteiger partial charge in [0.1, 0.15) is 48.9 Å². The van der Waals surface area contributed by atoms with Gasteiger partial charge in [-0.15, -0.1) is 0 Å². The molecule has 0 unspecified atom stereocenters. The van der Waals surface area contributed by atoms with E-state index in [0.29, 0.717) is 5.69 Å². The minimum atomic E-state index is -1.64. The Kier molecular flexibility index (Phi) is 13.0. The fourth-order valence-electron chi connectivity index (χ4n) is 5.55. The number of esters is 3. The van der Waals surface area contributed by atoms with Crippen molar-refractivity contribution >= 4 is 35.2 Å². The molecule has 272 valence electrons. The molecule has 0 spiro atoms. The van der Waals surface area contributed by atoms with Crippen LogP contribution in [0.2, 0.25) is 0 Å². The van der Waals surface area contributed by atoms with Crippen LogP contribution in [0.3, 0.4) is 0 Å². The number of amides is 1. The van der Waals surface area contributed by atoms with Crippen LogP contribution in [0.5, 0.6) is 5.75 Å². The summed E-state index contributed by atoms with van der Waals surface area (Å²) in [6.07, 6.45) is -11.4. The maximum Gasteiger partial charge on any atom is 0.303 e. The zero-order valence-electron chi connectivity index (χ0n) is 27.5. The standard InChI is InChI=1S/C32H39N3O15/c1-16(37)33-25-29(27(41)23(14-36)48-31(25)47-22-12-10-21(11-13-22)35(42)43)50-32-26(34-20-8-6-5-7-9-20)30(46-19(4)40)28(45-18(3)39)24(49-32)15-44-17(2)38/h5-13,23-32,34,36,41H,14-15H2,1-4H3,(H,33,37)/t23-,24+,25-,26+,27+,28+,29-,30+,31+,32-/m1/s1. The summed E-state index contributed by atoms with van der Waals surface area (Å²) in [5, 5.41) is 38.5. The average molecular weight is 706 g/mol. The van der Waals surface area contributed by atoms with Gasteiger partial charge in [-0.2, -0.15) is 0 Å². The minimum Gasteiger partial charge on any atom is -0.463 e. The Morgan fingerprint density at radius 3 is 2.00 bits per heavy atom. The number of hydrogen-bond acceptors (Lipinski definition) is 16. The third-order valence-electron chi connectivity index (χ3n) is 7.62. The zero-order chi connectivity index (χ0) is 36.5. The van der Waals surface area contributed by atoms with E-state index in [2.05, 4.69) is 10.6 Å². The van der Waals surface area contributed by atoms with Crippen LogP contribution in [0.1, 0.15) is 27.7 Å². The van der Waals surface area contributed by atoms with Crippen molar-refractivity contribution < 1.29 is 67.5 Å². The number of benzene rings is 2. The van der Waals surface area contributed by atoms with E-state index in [0.717, 1.165) is 20.8 Å². The smallest absolute Gasteiger partial charge is 0.303 e. The lowest BCUT2D eigenvalue weighted by Gasteiger charge is -2.49. The van der Waals surface area contributed by atoms with Gasteiger partial charge in [0.05, 0.1) is 11.5 Å². The summed E-state index contributed by atoms with van der Waals surface area (Å²) in [7, 11) is 0. The molecule has 1 amide bonds. The highest BCUT2D eigenvalue weighted by Gasteiger charge is 2.55. The number of anilines is 1. The van der Waals surface area contributed by atoms with E-state index in [4.69, 9.17) is 33.2 Å². The molecule has 10 atom stereocenters. The number of nitrogens with one attached hydrogen (secondary N) is 2. The first-order chi connectivity index (χ1) is 23.8. The van der Waals surface area contributed by atoms with Crippen LogP contribution in [0.25, 0.3) is 0 Å². The molecular weight excluding hydrogens is 666 g/mol. The Morgan fingerprint density at radius 2 is 1.44 bits per heavy atom. The molecule has 2 fully saturated rings. The molecule has 2 saturated heterocycles. The number of aliphatic hydroxyl groups is 2. The fourth-order valence-corrected chi connectivity index (χ4v) is 5.55. The van der Waals surface area contributed by atoms with E-state index in [1.165, 1.54) is 31.2 Å². The number of non-ortho nitro benzene ring substituents is 1. The Morgan fingerprint density at radius 1 is 0.820 bits per heavy atom. The van der Waals surface area contributed by atoms with Crippen molar-refractivity contribution in [2.24, 2.45) is 0 Å². The highest BCUT2D eigenvalue weighted by atomic mass is 16.7. The van der Waals surface area contributed by atoms with Gasteiger partial charge in [0.25, 0.3) is 5.69 Å². The van der Waals surface area contributed by atoms with Gasteiger partial charge < -0.3 is 54.0 Å². The highest BCUT2D eigenvalue weighted by molar-refractivity contribution is 5.73. The number of hydrogen-bond donors (Lipinski definition) is 4. The van der Waals surface area contributed by atoms with Gasteiger partial charge in [-0.3, -0.25) is 29.3 Å². The Balaban J connectivity index is 1.77. The first-order valence-electron chi connectivity index (χ1n) is 15.5. The topological polar surface area (TPSA) is 241 Å². The maximum atomic E-state index is 12.5. The number of rotatable bonds is 13. The van der Waals surface area contributed by atoms with Crippen molar-refractivity contribution in [1.82, 2.24) is 5.32 Å². The SMILES string of the molecule is CC(=O)N[C@H]1[C@@H](Oc2ccc([N+](=O)[O-])cc2)O[C@H](CO)[C@H](O)[C@@H]1O[C@H]1O[C@@H](COC(C)=O)[C@H](OC(C)=O)[C@@H](OC(C)=O)[C@@H]1Nc1ccccc1. The van der Waals surface area contributed by atoms with Crippen LogP contribution in [-0.2, 0) is 47.6 Å². The summed E-state index contributed by atoms with van der Waals surface area (Å²) in [5.74, 6) is -2.73. The van der Waals surface area contributed by atoms with Crippen molar-refractivity contribution in [3.63, 3.8) is 0 Å². The average Bonchev–Trinajstić information content (AvgIpc) is 3.05. The molecular formula is C32H39N3O15. The molecule has 2 aliphatic rings. The quantitative estimate of drug-likeness (QED) is 0.0964. The second-order valence-electron chi connectivity index (χ2n) is 11.4. The summed E-state index contributed by atoms with van der Waals surface area (Å²) in [5.41, 5.74) is 0.278. The third-order valence-corrected chi connectivity index (χ3v) is 7.62. The lowest BCUT2D eigenvalue weighted by atomic mass is 9.94. The number of ether oxygens (including phenoxy) is 7. The number of nitro groups is 1. The van der Waals surface area contributed by atoms with Gasteiger partial charge in [-0.1, -0.05) is 18.2 Å². The molecule has 2 heterocycles. The van der Waals surface area contributed by atoms with Gasteiger partial charge in [-0.25, -0.2) is 0 Å². The highest BCUT2D eigenvalue weighted by Crippen LogP contribution is 2.34. The molecule has 0 saturated carbocycles. The summed E-state index contributed by atoms with van der Waals surface area (Å²) < 4.78 is 40.8. The van der Waals surface area contributed by atoms with Crippen molar-refractivity contribution in [3.05, 3.63) is 64.7 Å². The lowest BCUT2D eigenvalue weighted by Crippen LogP contribution is -2.69. The van der Waals surface area contributed by atoms with Crippen LogP contribution >= 0.6 is 0 Å². The predicted octanol–water partition coefficient (Wildman–Crippen LogP) is 0.574. The van der Waals surface area contributed by atoms with Crippen molar-refractivity contribution in [3.8, 4) is 5.75 Å². The normalized spacial score (nSPS) is 29.2. The van der Waals surface area contributed by atoms with E-state index < -0.39 is 103 Å². The van der Waals surface area contributed by atoms with Crippen molar-refractivity contribution in [2.45, 2.75) is 89.0 Å². The Hall–Kier alpha value is -4.88. The lowest BCUT2D eigenvalue weighted by molar-refractivity contribution is -0.384. The van der Waals surface area contributed by atoms with Crippen LogP contribution in [0.4, 0.5) is 11.4 Å². The van der Waals surface area contributed by atoms with E-state index >= 15 is 0 Å². The van der Waals surface area contributed by atoms with Crippen molar-refractivity contribution in [1.29, 1.82) is 0 Å². The molecule has 0 bridgehead atoms. The molecule has 2 aliphatic heterocycles. The number of aliphatic hydroxyl groups excluding tert-OH is 2. The van der Waals surface area contributed by atoms with E-state index in [1.54, 1.807) is 30.3 Å².